The van der Waals surface area contributed by atoms with Gasteiger partial charge in [0.2, 0.25) is 0 Å². The van der Waals surface area contributed by atoms with E-state index in [0.717, 1.165) is 0 Å². The number of hydrogen-bond acceptors (Lipinski definition) is 3. The Morgan fingerprint density at radius 3 is 2.30 bits per heavy atom. The topological polar surface area (TPSA) is 104 Å². The maximum absolute atomic E-state index is 12.0. The molecule has 104 valence electrons. The summed E-state index contributed by atoms with van der Waals surface area (Å²) < 4.78 is 0. The van der Waals surface area contributed by atoms with Crippen LogP contribution in [-0.4, -0.2) is 16.3 Å². The van der Waals surface area contributed by atoms with Gasteiger partial charge >= 0.3 is 0 Å². The zero-order chi connectivity index (χ0) is 13.8. The van der Waals surface area contributed by atoms with Gasteiger partial charge in [-0.05, 0) is 30.3 Å². The third-order valence-electron chi connectivity index (χ3n) is 2.45. The van der Waals surface area contributed by atoms with Gasteiger partial charge in [-0.15, -0.1) is 0 Å². The van der Waals surface area contributed by atoms with Crippen LogP contribution in [0.5, 0.6) is 0 Å². The van der Waals surface area contributed by atoms with Gasteiger partial charge in [0.25, 0.3) is 11.6 Å². The Hall–Kier alpha value is -2.44. The van der Waals surface area contributed by atoms with E-state index in [4.69, 9.17) is 11.6 Å². The van der Waals surface area contributed by atoms with Crippen molar-refractivity contribution < 1.29 is 15.2 Å². The summed E-state index contributed by atoms with van der Waals surface area (Å²) in [4.78, 5) is 22.2. The van der Waals surface area contributed by atoms with E-state index in [-0.39, 0.29) is 16.7 Å². The first-order valence-electron chi connectivity index (χ1n) is 5.38. The molecule has 20 heavy (non-hydrogen) atoms. The predicted octanol–water partition coefficient (Wildman–Crippen LogP) is 2.68. The Morgan fingerprint density at radius 1 is 1.10 bits per heavy atom. The number of nitrogens with one attached hydrogen (secondary N) is 1. The molecule has 0 saturated carbocycles. The van der Waals surface area contributed by atoms with E-state index >= 15 is 0 Å². The molecule has 3 N–H and O–H groups in total. The molecule has 0 saturated heterocycles. The van der Waals surface area contributed by atoms with Crippen molar-refractivity contribution in [3.05, 3.63) is 69.2 Å². The summed E-state index contributed by atoms with van der Waals surface area (Å²) in [6.45, 7) is 0. The molecule has 0 heterocycles. The molecule has 2 rings (SSSR count). The van der Waals surface area contributed by atoms with E-state index in [1.807, 2.05) is 0 Å². The molecule has 0 unspecified atom stereocenters. The highest BCUT2D eigenvalue weighted by atomic mass is 35.5. The maximum Gasteiger partial charge on any atom is 0.282 e. The fraction of sp³-hybridized carbons (Fsp3) is 0. The quantitative estimate of drug-likeness (QED) is 0.695. The number of anilines is 1. The third kappa shape index (κ3) is 3.53. The number of benzene rings is 2. The average Bonchev–Trinajstić information content (AvgIpc) is 2.41. The standard InChI is InChI=1S/C13H9ClN2O3.H2O/c14-9-5-7-10(8-6-9)15-13(17)11-3-1-2-4-12(11)16(18)19;/h1-8H,(H,15,17);1H2. The van der Waals surface area contributed by atoms with E-state index in [0.29, 0.717) is 10.7 Å². The van der Waals surface area contributed by atoms with Crippen LogP contribution in [0.1, 0.15) is 10.4 Å². The van der Waals surface area contributed by atoms with Crippen LogP contribution in [0, 0.1) is 10.1 Å². The molecule has 0 radical (unpaired) electrons. The Kier molecular flexibility index (Phi) is 5.19. The number of nitrogens with zero attached hydrogens (tertiary/aromatic N) is 1. The lowest BCUT2D eigenvalue weighted by atomic mass is 10.1. The molecule has 0 aliphatic rings. The fourth-order valence-corrected chi connectivity index (χ4v) is 1.68. The first kappa shape index (κ1) is 15.6. The summed E-state index contributed by atoms with van der Waals surface area (Å²) in [7, 11) is 0. The summed E-state index contributed by atoms with van der Waals surface area (Å²) >= 11 is 5.73. The first-order valence-corrected chi connectivity index (χ1v) is 5.76. The van der Waals surface area contributed by atoms with E-state index in [9.17, 15) is 14.9 Å². The van der Waals surface area contributed by atoms with Gasteiger partial charge in [-0.25, -0.2) is 0 Å². The lowest BCUT2D eigenvalue weighted by Crippen LogP contribution is -2.13. The van der Waals surface area contributed by atoms with Crippen molar-refractivity contribution in [3.8, 4) is 0 Å². The van der Waals surface area contributed by atoms with Crippen LogP contribution in [0.4, 0.5) is 11.4 Å². The highest BCUT2D eigenvalue weighted by molar-refractivity contribution is 6.30. The minimum absolute atomic E-state index is 0. The highest BCUT2D eigenvalue weighted by Crippen LogP contribution is 2.20. The van der Waals surface area contributed by atoms with Crippen LogP contribution in [-0.2, 0) is 0 Å². The van der Waals surface area contributed by atoms with Gasteiger partial charge in [0.1, 0.15) is 5.56 Å². The largest absolute Gasteiger partial charge is 0.412 e. The molecule has 0 aromatic heterocycles. The molecule has 2 aromatic rings. The van der Waals surface area contributed by atoms with Crippen LogP contribution in [0.15, 0.2) is 48.5 Å². The predicted molar refractivity (Wildman–Crippen MR) is 76.1 cm³/mol. The lowest BCUT2D eigenvalue weighted by molar-refractivity contribution is -0.385. The van der Waals surface area contributed by atoms with Crippen LogP contribution in [0.2, 0.25) is 5.02 Å². The van der Waals surface area contributed by atoms with Crippen LogP contribution in [0.3, 0.4) is 0 Å². The molecule has 0 aliphatic heterocycles. The molecule has 2 aromatic carbocycles. The maximum atomic E-state index is 12.0. The van der Waals surface area contributed by atoms with Crippen LogP contribution in [0.25, 0.3) is 0 Å². The summed E-state index contributed by atoms with van der Waals surface area (Å²) in [6.07, 6.45) is 0. The Balaban J connectivity index is 0.00000200. The van der Waals surface area contributed by atoms with Crippen LogP contribution < -0.4 is 5.32 Å². The summed E-state index contributed by atoms with van der Waals surface area (Å²) in [5, 5.41) is 14.0. The van der Waals surface area contributed by atoms with Crippen molar-refractivity contribution in [2.24, 2.45) is 0 Å². The zero-order valence-electron chi connectivity index (χ0n) is 10.2. The van der Waals surface area contributed by atoms with Crippen LogP contribution >= 0.6 is 11.6 Å². The van der Waals surface area contributed by atoms with Crippen molar-refractivity contribution in [1.82, 2.24) is 0 Å². The third-order valence-corrected chi connectivity index (χ3v) is 2.70. The summed E-state index contributed by atoms with van der Waals surface area (Å²) in [5.74, 6) is -0.533. The van der Waals surface area contributed by atoms with Gasteiger partial charge in [0.15, 0.2) is 0 Å². The minimum atomic E-state index is -0.587. The fourth-order valence-electron chi connectivity index (χ4n) is 1.56. The van der Waals surface area contributed by atoms with Crippen molar-refractivity contribution in [2.75, 3.05) is 5.32 Å². The van der Waals surface area contributed by atoms with Gasteiger partial charge < -0.3 is 10.8 Å². The van der Waals surface area contributed by atoms with Gasteiger partial charge in [-0.1, -0.05) is 23.7 Å². The number of para-hydroxylation sites is 1. The number of carbonyl (C=O) groups is 1. The number of nitro groups is 1. The minimum Gasteiger partial charge on any atom is -0.412 e. The Labute approximate surface area is 119 Å². The number of rotatable bonds is 3. The van der Waals surface area contributed by atoms with Crippen molar-refractivity contribution in [3.63, 3.8) is 0 Å². The normalized spacial score (nSPS) is 9.45. The number of halogens is 1. The molecule has 7 heteroatoms. The van der Waals surface area contributed by atoms with E-state index in [2.05, 4.69) is 5.32 Å². The summed E-state index contributed by atoms with van der Waals surface area (Å²) in [6, 6.07) is 12.3. The van der Waals surface area contributed by atoms with Crippen molar-refractivity contribution in [1.29, 1.82) is 0 Å². The number of nitro benzene ring substituents is 1. The van der Waals surface area contributed by atoms with Gasteiger partial charge in [0, 0.05) is 16.8 Å². The Bertz CT molecular complexity index is 629. The summed E-state index contributed by atoms with van der Waals surface area (Å²) in [5.41, 5.74) is 0.309. The zero-order valence-corrected chi connectivity index (χ0v) is 10.9. The molecule has 0 fully saturated rings. The van der Waals surface area contributed by atoms with Gasteiger partial charge in [-0.3, -0.25) is 14.9 Å². The van der Waals surface area contributed by atoms with E-state index in [1.165, 1.54) is 18.2 Å². The lowest BCUT2D eigenvalue weighted by Gasteiger charge is -2.05. The molecule has 0 spiro atoms. The number of amides is 1. The average molecular weight is 295 g/mol. The monoisotopic (exact) mass is 294 g/mol. The second-order valence-electron chi connectivity index (χ2n) is 3.74. The van der Waals surface area contributed by atoms with Gasteiger partial charge in [0.05, 0.1) is 4.92 Å². The van der Waals surface area contributed by atoms with Crippen molar-refractivity contribution >= 4 is 28.9 Å². The smallest absolute Gasteiger partial charge is 0.282 e. The molecule has 0 atom stereocenters. The van der Waals surface area contributed by atoms with Gasteiger partial charge in [-0.2, -0.15) is 0 Å². The molecular weight excluding hydrogens is 284 g/mol. The molecule has 1 amide bonds. The molecule has 6 nitrogen and oxygen atoms in total. The van der Waals surface area contributed by atoms with E-state index in [1.54, 1.807) is 30.3 Å². The Morgan fingerprint density at radius 2 is 1.70 bits per heavy atom. The van der Waals surface area contributed by atoms with E-state index < -0.39 is 10.8 Å². The van der Waals surface area contributed by atoms with Crippen molar-refractivity contribution in [2.45, 2.75) is 0 Å². The first-order chi connectivity index (χ1) is 9.08. The molecular formula is C13H11ClN2O4. The number of carbonyl (C=O) groups excluding carboxylic acids is 1. The molecule has 0 aliphatic carbocycles. The SMILES string of the molecule is O.O=C(Nc1ccc(Cl)cc1)c1ccccc1[N+](=O)[O-]. The molecule has 0 bridgehead atoms. The number of hydrogen-bond donors (Lipinski definition) is 1. The second-order valence-corrected chi connectivity index (χ2v) is 4.17. The highest BCUT2D eigenvalue weighted by Gasteiger charge is 2.18. The second kappa shape index (κ2) is 6.65.